The molecule has 0 saturated heterocycles. The van der Waals surface area contributed by atoms with Gasteiger partial charge in [0.05, 0.1) is 26.1 Å². The molecule has 0 fully saturated rings. The summed E-state index contributed by atoms with van der Waals surface area (Å²) in [5, 5.41) is 0. The van der Waals surface area contributed by atoms with Gasteiger partial charge in [0.2, 0.25) is 17.7 Å². The fourth-order valence-electron chi connectivity index (χ4n) is 0.886. The van der Waals surface area contributed by atoms with Crippen molar-refractivity contribution in [1.29, 1.82) is 0 Å². The number of primary amides is 3. The maximum atomic E-state index is 12.2. The van der Waals surface area contributed by atoms with Crippen LogP contribution in [0.25, 0.3) is 0 Å². The van der Waals surface area contributed by atoms with Crippen LogP contribution in [0.1, 0.15) is 19.3 Å². The Hall–Kier alpha value is -1.09. The third-order valence-electron chi connectivity index (χ3n) is 1.79. The molecule has 0 bridgehead atoms. The number of hydrogen-bond donors (Lipinski definition) is 3. The number of carbonyl (C=O) groups is 3. The van der Waals surface area contributed by atoms with Gasteiger partial charge in [-0.3, -0.25) is 14.4 Å². The van der Waals surface area contributed by atoms with Crippen molar-refractivity contribution in [2.45, 2.75) is 19.3 Å². The van der Waals surface area contributed by atoms with E-state index in [9.17, 15) is 18.9 Å². The molecule has 0 radical (unpaired) electrons. The molecule has 3 amide bonds. The van der Waals surface area contributed by atoms with E-state index in [0.29, 0.717) is 0 Å². The molecular weight excluding hydrogens is 309 g/mol. The number of nitrogens with two attached hydrogens (primary N) is 3. The lowest BCUT2D eigenvalue weighted by Gasteiger charge is -2.16. The van der Waals surface area contributed by atoms with Gasteiger partial charge in [-0.25, -0.2) is 4.57 Å². The van der Waals surface area contributed by atoms with E-state index >= 15 is 0 Å². The molecule has 0 rings (SSSR count). The molecule has 6 N–H and O–H groups in total. The van der Waals surface area contributed by atoms with E-state index in [4.69, 9.17) is 26.2 Å². The molecule has 0 spiro atoms. The quantitative estimate of drug-likeness (QED) is 0.406. The lowest BCUT2D eigenvalue weighted by molar-refractivity contribution is -0.119. The first-order chi connectivity index (χ1) is 9.25. The Balaban J connectivity index is 4.33. The molecule has 0 aromatic heterocycles. The molecule has 9 nitrogen and oxygen atoms in total. The fraction of sp³-hybridized carbons (Fsp3) is 0.667. The highest BCUT2D eigenvalue weighted by Gasteiger charge is 2.26. The minimum Gasteiger partial charge on any atom is -0.370 e. The zero-order valence-corrected chi connectivity index (χ0v) is 12.5. The topological polar surface area (TPSA) is 165 Å². The monoisotopic (exact) mass is 327 g/mol. The van der Waals surface area contributed by atoms with Crippen molar-refractivity contribution in [2.24, 2.45) is 17.2 Å². The molecule has 0 aromatic rings. The molecule has 0 unspecified atom stereocenters. The molecule has 0 aromatic carbocycles. The number of hydrogen-bond acceptors (Lipinski definition) is 7. The van der Waals surface area contributed by atoms with E-state index in [0.717, 1.165) is 11.4 Å². The summed E-state index contributed by atoms with van der Waals surface area (Å²) in [5.41, 5.74) is 14.8. The average molecular weight is 327 g/mol. The Labute approximate surface area is 120 Å². The maximum absolute atomic E-state index is 12.2. The van der Waals surface area contributed by atoms with Crippen LogP contribution in [0, 0.1) is 0 Å². The predicted molar refractivity (Wildman–Crippen MR) is 73.4 cm³/mol. The van der Waals surface area contributed by atoms with Gasteiger partial charge < -0.3 is 26.2 Å². The Bertz CT molecular complexity index is 348. The van der Waals surface area contributed by atoms with Crippen molar-refractivity contribution in [1.82, 2.24) is 0 Å². The van der Waals surface area contributed by atoms with E-state index in [1.165, 1.54) is 0 Å². The molecule has 0 aliphatic carbocycles. The van der Waals surface area contributed by atoms with Crippen LogP contribution in [0.2, 0.25) is 0 Å². The first kappa shape index (κ1) is 18.9. The molecule has 0 heterocycles. The maximum Gasteiger partial charge on any atom is 0.389 e. The smallest absolute Gasteiger partial charge is 0.370 e. The zero-order chi connectivity index (χ0) is 15.6. The molecule has 116 valence electrons. The summed E-state index contributed by atoms with van der Waals surface area (Å²) in [7, 11) is 0. The summed E-state index contributed by atoms with van der Waals surface area (Å²) < 4.78 is 22.2. The van der Waals surface area contributed by atoms with Gasteiger partial charge in [-0.05, 0) is 11.4 Å². The van der Waals surface area contributed by atoms with E-state index in [1.807, 2.05) is 0 Å². The molecule has 0 aliphatic rings. The molecule has 0 saturated carbocycles. The number of rotatable bonds is 12. The Morgan fingerprint density at radius 3 is 1.60 bits per heavy atom. The summed E-state index contributed by atoms with van der Waals surface area (Å²) in [5.74, 6) is -1.66. The summed E-state index contributed by atoms with van der Waals surface area (Å²) in [6.45, 7) is -3.97. The third kappa shape index (κ3) is 10.8. The highest BCUT2D eigenvalue weighted by molar-refractivity contribution is 8.55. The average Bonchev–Trinajstić information content (AvgIpc) is 2.27. The van der Waals surface area contributed by atoms with Gasteiger partial charge in [0.25, 0.3) is 0 Å². The normalized spacial score (nSPS) is 11.2. The minimum absolute atomic E-state index is 0.00693. The van der Waals surface area contributed by atoms with E-state index < -0.39 is 24.5 Å². The summed E-state index contributed by atoms with van der Waals surface area (Å²) in [6, 6.07) is 0. The first-order valence-electron chi connectivity index (χ1n) is 5.64. The Morgan fingerprint density at radius 1 is 0.850 bits per heavy atom. The van der Waals surface area contributed by atoms with Crippen LogP contribution < -0.4 is 17.2 Å². The van der Waals surface area contributed by atoms with Crippen LogP contribution in [0.5, 0.6) is 0 Å². The Kier molecular flexibility index (Phi) is 9.23. The molecule has 0 aliphatic heterocycles. The van der Waals surface area contributed by atoms with Crippen molar-refractivity contribution >= 4 is 35.9 Å². The highest BCUT2D eigenvalue weighted by atomic mass is 32.7. The summed E-state index contributed by atoms with van der Waals surface area (Å²) in [4.78, 5) is 31.8. The fourth-order valence-corrected chi connectivity index (χ4v) is 4.09. The molecule has 0 atom stereocenters. The van der Waals surface area contributed by atoms with Gasteiger partial charge in [-0.2, -0.15) is 0 Å². The number of amides is 3. The summed E-state index contributed by atoms with van der Waals surface area (Å²) >= 11 is 0.762. The summed E-state index contributed by atoms with van der Waals surface area (Å²) in [6.07, 6.45) is -0.258. The standard InChI is InChI=1S/C9H18N3O6PS/c10-7(13)1-4-17-19(16,18-5-2-8(11)14)20-6-3-9(12)15/h1-6H2,(H2,10,13)(H2,11,14)(H2,12,15). The first-order valence-corrected chi connectivity index (χ1v) is 8.77. The van der Waals surface area contributed by atoms with Crippen molar-refractivity contribution in [2.75, 3.05) is 19.0 Å². The van der Waals surface area contributed by atoms with Gasteiger partial charge in [-0.15, -0.1) is 0 Å². The SMILES string of the molecule is NC(=O)CCOP(=O)(OCCC(N)=O)SCCC(N)=O. The van der Waals surface area contributed by atoms with Gasteiger partial charge >= 0.3 is 6.80 Å². The van der Waals surface area contributed by atoms with Crippen LogP contribution in [0.15, 0.2) is 0 Å². The van der Waals surface area contributed by atoms with E-state index in [-0.39, 0.29) is 38.2 Å². The lowest BCUT2D eigenvalue weighted by Crippen LogP contribution is -2.15. The number of carbonyl (C=O) groups excluding carboxylic acids is 3. The predicted octanol–water partition coefficient (Wildman–Crippen LogP) is -0.513. The third-order valence-corrected chi connectivity index (χ3v) is 5.62. The largest absolute Gasteiger partial charge is 0.389 e. The second-order valence-electron chi connectivity index (χ2n) is 3.60. The van der Waals surface area contributed by atoms with Gasteiger partial charge in [0, 0.05) is 12.2 Å². The van der Waals surface area contributed by atoms with Crippen LogP contribution in [0.3, 0.4) is 0 Å². The second-order valence-corrected chi connectivity index (χ2v) is 7.79. The van der Waals surface area contributed by atoms with Crippen molar-refractivity contribution in [3.63, 3.8) is 0 Å². The van der Waals surface area contributed by atoms with Crippen LogP contribution in [-0.4, -0.2) is 36.7 Å². The molecular formula is C9H18N3O6PS. The van der Waals surface area contributed by atoms with Gasteiger partial charge in [-0.1, -0.05) is 0 Å². The second kappa shape index (κ2) is 9.76. The van der Waals surface area contributed by atoms with E-state index in [2.05, 4.69) is 0 Å². The molecule has 11 heteroatoms. The highest BCUT2D eigenvalue weighted by Crippen LogP contribution is 2.60. The van der Waals surface area contributed by atoms with Crippen molar-refractivity contribution < 1.29 is 28.0 Å². The minimum atomic E-state index is -3.59. The van der Waals surface area contributed by atoms with Crippen LogP contribution in [0.4, 0.5) is 0 Å². The zero-order valence-electron chi connectivity index (χ0n) is 10.8. The van der Waals surface area contributed by atoms with Crippen LogP contribution in [-0.2, 0) is 28.0 Å². The molecule has 20 heavy (non-hydrogen) atoms. The van der Waals surface area contributed by atoms with E-state index in [1.54, 1.807) is 0 Å². The van der Waals surface area contributed by atoms with Gasteiger partial charge in [0.1, 0.15) is 0 Å². The van der Waals surface area contributed by atoms with Crippen molar-refractivity contribution in [3.05, 3.63) is 0 Å². The van der Waals surface area contributed by atoms with Crippen LogP contribution >= 0.6 is 18.2 Å². The van der Waals surface area contributed by atoms with Crippen molar-refractivity contribution in [3.8, 4) is 0 Å². The van der Waals surface area contributed by atoms with Gasteiger partial charge in [0.15, 0.2) is 0 Å². The lowest BCUT2D eigenvalue weighted by atomic mass is 10.4. The Morgan fingerprint density at radius 2 is 1.25 bits per heavy atom.